The number of rotatable bonds is 5. The number of carbonyl (C=O) groups is 1. The van der Waals surface area contributed by atoms with E-state index in [9.17, 15) is 4.79 Å². The zero-order chi connectivity index (χ0) is 14.8. The molecule has 108 valence electrons. The molecule has 1 amide bonds. The van der Waals surface area contributed by atoms with Gasteiger partial charge in [-0.3, -0.25) is 4.79 Å². The van der Waals surface area contributed by atoms with Crippen molar-refractivity contribution in [3.05, 3.63) is 29.8 Å². The number of hydrogen-bond donors (Lipinski definition) is 2. The molecule has 0 atom stereocenters. The molecular formula is C14H19N3O3. The Labute approximate surface area is 117 Å². The highest BCUT2D eigenvalue weighted by molar-refractivity contribution is 6.09. The van der Waals surface area contributed by atoms with Gasteiger partial charge in [-0.2, -0.15) is 0 Å². The number of nitrogens with two attached hydrogens (primary N) is 1. The van der Waals surface area contributed by atoms with Gasteiger partial charge in [-0.1, -0.05) is 17.3 Å². The number of benzene rings is 1. The Morgan fingerprint density at radius 3 is 2.50 bits per heavy atom. The summed E-state index contributed by atoms with van der Waals surface area (Å²) in [7, 11) is 3.33. The van der Waals surface area contributed by atoms with Gasteiger partial charge in [0.15, 0.2) is 5.84 Å². The molecule has 0 radical (unpaired) electrons. The molecule has 0 bridgehead atoms. The van der Waals surface area contributed by atoms with Crippen LogP contribution in [0.25, 0.3) is 0 Å². The van der Waals surface area contributed by atoms with E-state index in [1.54, 1.807) is 19.1 Å². The van der Waals surface area contributed by atoms with Gasteiger partial charge in [0.05, 0.1) is 7.11 Å². The lowest BCUT2D eigenvalue weighted by Gasteiger charge is -2.22. The van der Waals surface area contributed by atoms with Gasteiger partial charge in [0, 0.05) is 13.6 Å². The topological polar surface area (TPSA) is 88.2 Å². The van der Waals surface area contributed by atoms with E-state index in [4.69, 9.17) is 15.7 Å². The Balaban J connectivity index is 2.04. The average molecular weight is 277 g/mol. The Kier molecular flexibility index (Phi) is 3.83. The van der Waals surface area contributed by atoms with E-state index in [2.05, 4.69) is 5.16 Å². The fourth-order valence-electron chi connectivity index (χ4n) is 2.24. The van der Waals surface area contributed by atoms with Crippen molar-refractivity contribution >= 4 is 11.7 Å². The number of amides is 1. The van der Waals surface area contributed by atoms with Crippen LogP contribution < -0.4 is 10.5 Å². The van der Waals surface area contributed by atoms with Gasteiger partial charge in [-0.05, 0) is 30.5 Å². The third kappa shape index (κ3) is 2.54. The van der Waals surface area contributed by atoms with Crippen LogP contribution in [0.15, 0.2) is 29.4 Å². The van der Waals surface area contributed by atoms with Crippen molar-refractivity contribution in [3.63, 3.8) is 0 Å². The summed E-state index contributed by atoms with van der Waals surface area (Å²) in [6, 6.07) is 7.52. The van der Waals surface area contributed by atoms with Gasteiger partial charge in [0.1, 0.15) is 11.2 Å². The molecule has 1 aliphatic rings. The van der Waals surface area contributed by atoms with Crippen molar-refractivity contribution in [2.24, 2.45) is 16.3 Å². The molecule has 6 nitrogen and oxygen atoms in total. The summed E-state index contributed by atoms with van der Waals surface area (Å²) in [6.07, 6.45) is 1.27. The number of nitrogens with zero attached hydrogens (tertiary/aromatic N) is 2. The number of carbonyl (C=O) groups excluding carboxylic acids is 1. The van der Waals surface area contributed by atoms with Crippen molar-refractivity contribution in [1.82, 2.24) is 4.90 Å². The summed E-state index contributed by atoms with van der Waals surface area (Å²) in [4.78, 5) is 14.0. The Morgan fingerprint density at radius 1 is 1.45 bits per heavy atom. The minimum atomic E-state index is -0.796. The van der Waals surface area contributed by atoms with E-state index >= 15 is 0 Å². The lowest BCUT2D eigenvalue weighted by Crippen LogP contribution is -2.41. The van der Waals surface area contributed by atoms with Crippen molar-refractivity contribution in [2.45, 2.75) is 19.4 Å². The molecule has 0 spiro atoms. The molecule has 20 heavy (non-hydrogen) atoms. The van der Waals surface area contributed by atoms with Crippen LogP contribution in [0.1, 0.15) is 18.4 Å². The summed E-state index contributed by atoms with van der Waals surface area (Å²) >= 11 is 0. The Morgan fingerprint density at radius 2 is 2.05 bits per heavy atom. The Hall–Kier alpha value is -2.24. The van der Waals surface area contributed by atoms with Crippen LogP contribution in [0.5, 0.6) is 5.75 Å². The zero-order valence-electron chi connectivity index (χ0n) is 11.7. The predicted molar refractivity (Wildman–Crippen MR) is 74.5 cm³/mol. The summed E-state index contributed by atoms with van der Waals surface area (Å²) in [6.45, 7) is 0.475. The van der Waals surface area contributed by atoms with Gasteiger partial charge in [-0.25, -0.2) is 0 Å². The number of oxime groups is 1. The summed E-state index contributed by atoms with van der Waals surface area (Å²) in [5, 5.41) is 11.8. The van der Waals surface area contributed by atoms with E-state index in [1.165, 1.54) is 0 Å². The van der Waals surface area contributed by atoms with E-state index in [0.717, 1.165) is 11.3 Å². The third-order valence-corrected chi connectivity index (χ3v) is 3.68. The molecule has 2 rings (SSSR count). The molecule has 1 fully saturated rings. The van der Waals surface area contributed by atoms with Gasteiger partial charge in [0.2, 0.25) is 5.91 Å². The van der Waals surface area contributed by atoms with Gasteiger partial charge in [-0.15, -0.1) is 0 Å². The normalized spacial score (nSPS) is 16.6. The van der Waals surface area contributed by atoms with Crippen LogP contribution in [0.3, 0.4) is 0 Å². The second-order valence-electron chi connectivity index (χ2n) is 5.08. The SMILES string of the molecule is COc1ccc(CN(C)C(=O)C2(/C(N)=N/O)CC2)cc1. The summed E-state index contributed by atoms with van der Waals surface area (Å²) < 4.78 is 5.09. The highest BCUT2D eigenvalue weighted by Gasteiger charge is 2.55. The predicted octanol–water partition coefficient (Wildman–Crippen LogP) is 1.18. The minimum Gasteiger partial charge on any atom is -0.497 e. The standard InChI is InChI=1S/C14H19N3O3/c1-17(9-10-3-5-11(20-2)6-4-10)13(18)14(7-8-14)12(15)16-19/h3-6,19H,7-9H2,1-2H3,(H2,15,16). The van der Waals surface area contributed by atoms with E-state index < -0.39 is 5.41 Å². The maximum Gasteiger partial charge on any atom is 0.236 e. The first-order valence-corrected chi connectivity index (χ1v) is 6.40. The molecule has 0 aliphatic heterocycles. The molecule has 0 saturated heterocycles. The number of hydrogen-bond acceptors (Lipinski definition) is 4. The molecule has 0 aromatic heterocycles. The highest BCUT2D eigenvalue weighted by Crippen LogP contribution is 2.47. The van der Waals surface area contributed by atoms with Crippen molar-refractivity contribution in [2.75, 3.05) is 14.2 Å². The van der Waals surface area contributed by atoms with Crippen LogP contribution in [0, 0.1) is 5.41 Å². The first-order valence-electron chi connectivity index (χ1n) is 6.40. The van der Waals surface area contributed by atoms with Crippen LogP contribution in [-0.4, -0.2) is 36.0 Å². The van der Waals surface area contributed by atoms with Crippen LogP contribution in [-0.2, 0) is 11.3 Å². The summed E-state index contributed by atoms with van der Waals surface area (Å²) in [5.74, 6) is 0.672. The lowest BCUT2D eigenvalue weighted by atomic mass is 10.0. The van der Waals surface area contributed by atoms with E-state index in [0.29, 0.717) is 19.4 Å². The molecule has 0 heterocycles. The number of methoxy groups -OCH3 is 1. The molecule has 1 aliphatic carbocycles. The molecule has 0 unspecified atom stereocenters. The van der Waals surface area contributed by atoms with Crippen molar-refractivity contribution < 1.29 is 14.7 Å². The fraction of sp³-hybridized carbons (Fsp3) is 0.429. The molecular weight excluding hydrogens is 258 g/mol. The first-order chi connectivity index (χ1) is 9.53. The molecule has 3 N–H and O–H groups in total. The molecule has 1 saturated carbocycles. The average Bonchev–Trinajstić information content (AvgIpc) is 3.28. The van der Waals surface area contributed by atoms with Crippen LogP contribution in [0.2, 0.25) is 0 Å². The molecule has 1 aromatic rings. The number of amidine groups is 1. The van der Waals surface area contributed by atoms with Crippen molar-refractivity contribution in [3.8, 4) is 5.75 Å². The second kappa shape index (κ2) is 5.40. The minimum absolute atomic E-state index is 0.00378. The largest absolute Gasteiger partial charge is 0.497 e. The summed E-state index contributed by atoms with van der Waals surface area (Å²) in [5.41, 5.74) is 5.82. The van der Waals surface area contributed by atoms with E-state index in [1.807, 2.05) is 24.3 Å². The van der Waals surface area contributed by atoms with Gasteiger partial charge < -0.3 is 20.6 Å². The maximum absolute atomic E-state index is 12.4. The quantitative estimate of drug-likeness (QED) is 0.366. The zero-order valence-corrected chi connectivity index (χ0v) is 11.7. The lowest BCUT2D eigenvalue weighted by molar-refractivity contribution is -0.133. The Bertz CT molecular complexity index is 521. The molecule has 6 heteroatoms. The first kappa shape index (κ1) is 14.2. The number of ether oxygens (including phenoxy) is 1. The van der Waals surface area contributed by atoms with Gasteiger partial charge >= 0.3 is 0 Å². The van der Waals surface area contributed by atoms with Crippen molar-refractivity contribution in [1.29, 1.82) is 0 Å². The third-order valence-electron chi connectivity index (χ3n) is 3.68. The highest BCUT2D eigenvalue weighted by atomic mass is 16.5. The second-order valence-corrected chi connectivity index (χ2v) is 5.08. The molecule has 1 aromatic carbocycles. The van der Waals surface area contributed by atoms with E-state index in [-0.39, 0.29) is 11.7 Å². The monoisotopic (exact) mass is 277 g/mol. The fourth-order valence-corrected chi connectivity index (χ4v) is 2.24. The van der Waals surface area contributed by atoms with Crippen LogP contribution in [0.4, 0.5) is 0 Å². The maximum atomic E-state index is 12.4. The smallest absolute Gasteiger partial charge is 0.236 e. The van der Waals surface area contributed by atoms with Crippen LogP contribution >= 0.6 is 0 Å². The van der Waals surface area contributed by atoms with Gasteiger partial charge in [0.25, 0.3) is 0 Å².